The van der Waals surface area contributed by atoms with Crippen molar-refractivity contribution in [3.05, 3.63) is 29.3 Å². The minimum atomic E-state index is -3.67. The topological polar surface area (TPSA) is 66.5 Å². The van der Waals surface area contributed by atoms with Crippen LogP contribution in [0.5, 0.6) is 0 Å². The highest BCUT2D eigenvalue weighted by atomic mass is 35.5. The Kier molecular flexibility index (Phi) is 5.01. The molecule has 20 heavy (non-hydrogen) atoms. The third-order valence-electron chi connectivity index (χ3n) is 3.25. The summed E-state index contributed by atoms with van der Waals surface area (Å²) in [4.78, 5) is 13.7. The number of nitrogens with zero attached hydrogens (tertiary/aromatic N) is 1. The van der Waals surface area contributed by atoms with E-state index in [9.17, 15) is 13.2 Å². The molecule has 0 unspecified atom stereocenters. The molecule has 1 aromatic rings. The average molecular weight is 317 g/mol. The number of amides is 1. The SMILES string of the molecule is O=C(CNS(=O)(=O)c1ccc(Cl)cc1)N1CCCCC1. The normalized spacial score (nSPS) is 16.1. The first-order valence-electron chi connectivity index (χ1n) is 6.52. The van der Waals surface area contributed by atoms with Gasteiger partial charge in [0, 0.05) is 18.1 Å². The van der Waals surface area contributed by atoms with Crippen LogP contribution in [0, 0.1) is 0 Å². The lowest BCUT2D eigenvalue weighted by Gasteiger charge is -2.26. The molecule has 110 valence electrons. The molecule has 1 aliphatic heterocycles. The number of hydrogen-bond acceptors (Lipinski definition) is 3. The number of benzene rings is 1. The van der Waals surface area contributed by atoms with Gasteiger partial charge in [-0.3, -0.25) is 4.79 Å². The van der Waals surface area contributed by atoms with E-state index >= 15 is 0 Å². The smallest absolute Gasteiger partial charge is 0.241 e. The van der Waals surface area contributed by atoms with E-state index in [0.717, 1.165) is 19.3 Å². The van der Waals surface area contributed by atoms with Gasteiger partial charge in [-0.05, 0) is 43.5 Å². The zero-order valence-corrected chi connectivity index (χ0v) is 12.6. The van der Waals surface area contributed by atoms with Gasteiger partial charge in [0.05, 0.1) is 11.4 Å². The Morgan fingerprint density at radius 1 is 1.15 bits per heavy atom. The molecule has 0 radical (unpaired) electrons. The third-order valence-corrected chi connectivity index (χ3v) is 4.92. The molecule has 7 heteroatoms. The largest absolute Gasteiger partial charge is 0.342 e. The molecule has 2 rings (SSSR count). The summed E-state index contributed by atoms with van der Waals surface area (Å²) < 4.78 is 26.3. The fourth-order valence-corrected chi connectivity index (χ4v) is 3.21. The number of halogens is 1. The van der Waals surface area contributed by atoms with Gasteiger partial charge < -0.3 is 4.90 Å². The Morgan fingerprint density at radius 3 is 2.35 bits per heavy atom. The molecule has 1 amide bonds. The first-order valence-corrected chi connectivity index (χ1v) is 8.38. The van der Waals surface area contributed by atoms with Gasteiger partial charge in [-0.25, -0.2) is 13.1 Å². The molecule has 0 atom stereocenters. The van der Waals surface area contributed by atoms with E-state index in [1.165, 1.54) is 24.3 Å². The van der Waals surface area contributed by atoms with Crippen molar-refractivity contribution in [3.63, 3.8) is 0 Å². The molecule has 5 nitrogen and oxygen atoms in total. The average Bonchev–Trinajstić information content (AvgIpc) is 2.46. The van der Waals surface area contributed by atoms with E-state index in [0.29, 0.717) is 18.1 Å². The van der Waals surface area contributed by atoms with Crippen molar-refractivity contribution in [2.24, 2.45) is 0 Å². The van der Waals surface area contributed by atoms with Gasteiger partial charge in [-0.2, -0.15) is 0 Å². The van der Waals surface area contributed by atoms with E-state index in [1.54, 1.807) is 4.90 Å². The number of carbonyl (C=O) groups excluding carboxylic acids is 1. The fourth-order valence-electron chi connectivity index (χ4n) is 2.11. The van der Waals surface area contributed by atoms with Crippen molar-refractivity contribution >= 4 is 27.5 Å². The molecule has 1 aromatic carbocycles. The van der Waals surface area contributed by atoms with E-state index in [-0.39, 0.29) is 17.3 Å². The maximum atomic E-state index is 12.0. The van der Waals surface area contributed by atoms with Gasteiger partial charge in [0.1, 0.15) is 0 Å². The number of rotatable bonds is 4. The maximum absolute atomic E-state index is 12.0. The summed E-state index contributed by atoms with van der Waals surface area (Å²) in [5, 5.41) is 0.466. The Labute approximate surface area is 124 Å². The van der Waals surface area contributed by atoms with Gasteiger partial charge in [0.2, 0.25) is 15.9 Å². The van der Waals surface area contributed by atoms with Crippen LogP contribution in [0.3, 0.4) is 0 Å². The Hall–Kier alpha value is -1.11. The predicted octanol–water partition coefficient (Wildman–Crippen LogP) is 1.63. The van der Waals surface area contributed by atoms with Crippen LogP contribution in [0.25, 0.3) is 0 Å². The lowest BCUT2D eigenvalue weighted by atomic mass is 10.1. The van der Waals surface area contributed by atoms with E-state index in [4.69, 9.17) is 11.6 Å². The summed E-state index contributed by atoms with van der Waals surface area (Å²) in [6, 6.07) is 5.83. The molecule has 0 bridgehead atoms. The van der Waals surface area contributed by atoms with Crippen LogP contribution in [0.4, 0.5) is 0 Å². The minimum Gasteiger partial charge on any atom is -0.342 e. The summed E-state index contributed by atoms with van der Waals surface area (Å²) in [6.07, 6.45) is 3.09. The zero-order chi connectivity index (χ0) is 14.6. The van der Waals surface area contributed by atoms with Gasteiger partial charge >= 0.3 is 0 Å². The highest BCUT2D eigenvalue weighted by molar-refractivity contribution is 7.89. The van der Waals surface area contributed by atoms with Gasteiger partial charge in [0.25, 0.3) is 0 Å². The summed E-state index contributed by atoms with van der Waals surface area (Å²) >= 11 is 5.71. The number of likely N-dealkylation sites (tertiary alicyclic amines) is 1. The number of carbonyl (C=O) groups is 1. The first kappa shape index (κ1) is 15.3. The predicted molar refractivity (Wildman–Crippen MR) is 77.1 cm³/mol. The highest BCUT2D eigenvalue weighted by Gasteiger charge is 2.20. The second-order valence-corrected chi connectivity index (χ2v) is 6.92. The van der Waals surface area contributed by atoms with Gasteiger partial charge in [-0.1, -0.05) is 11.6 Å². The maximum Gasteiger partial charge on any atom is 0.241 e. The Bertz CT molecular complexity index is 566. The molecule has 0 spiro atoms. The van der Waals surface area contributed by atoms with Gasteiger partial charge in [-0.15, -0.1) is 0 Å². The Morgan fingerprint density at radius 2 is 1.75 bits per heavy atom. The molecular weight excluding hydrogens is 300 g/mol. The number of piperidine rings is 1. The lowest BCUT2D eigenvalue weighted by molar-refractivity contribution is -0.130. The molecular formula is C13H17ClN2O3S. The second-order valence-electron chi connectivity index (χ2n) is 4.72. The summed E-state index contributed by atoms with van der Waals surface area (Å²) in [7, 11) is -3.67. The van der Waals surface area contributed by atoms with Crippen LogP contribution in [0.1, 0.15) is 19.3 Å². The first-order chi connectivity index (χ1) is 9.49. The fraction of sp³-hybridized carbons (Fsp3) is 0.462. The van der Waals surface area contributed by atoms with Crippen molar-refractivity contribution in [2.45, 2.75) is 24.2 Å². The summed E-state index contributed by atoms with van der Waals surface area (Å²) in [5.41, 5.74) is 0. The second kappa shape index (κ2) is 6.56. The summed E-state index contributed by atoms with van der Waals surface area (Å²) in [6.45, 7) is 1.22. The quantitative estimate of drug-likeness (QED) is 0.918. The molecule has 1 fully saturated rings. The Balaban J connectivity index is 1.95. The number of nitrogens with one attached hydrogen (secondary N) is 1. The van der Waals surface area contributed by atoms with Crippen LogP contribution in [0.15, 0.2) is 29.2 Å². The van der Waals surface area contributed by atoms with Crippen LogP contribution in [-0.4, -0.2) is 38.9 Å². The molecule has 1 aliphatic rings. The number of sulfonamides is 1. The van der Waals surface area contributed by atoms with E-state index in [2.05, 4.69) is 4.72 Å². The van der Waals surface area contributed by atoms with E-state index in [1.807, 2.05) is 0 Å². The van der Waals surface area contributed by atoms with Crippen molar-refractivity contribution in [3.8, 4) is 0 Å². The minimum absolute atomic E-state index is 0.105. The molecule has 0 aliphatic carbocycles. The van der Waals surface area contributed by atoms with E-state index < -0.39 is 10.0 Å². The number of hydrogen-bond donors (Lipinski definition) is 1. The molecule has 1 N–H and O–H groups in total. The van der Waals surface area contributed by atoms with Crippen LogP contribution in [-0.2, 0) is 14.8 Å². The molecule has 1 heterocycles. The van der Waals surface area contributed by atoms with Crippen molar-refractivity contribution in [2.75, 3.05) is 19.6 Å². The highest BCUT2D eigenvalue weighted by Crippen LogP contribution is 2.14. The molecule has 0 saturated carbocycles. The van der Waals surface area contributed by atoms with Crippen molar-refractivity contribution in [1.82, 2.24) is 9.62 Å². The van der Waals surface area contributed by atoms with Crippen LogP contribution >= 0.6 is 11.6 Å². The summed E-state index contributed by atoms with van der Waals surface area (Å²) in [5.74, 6) is -0.178. The monoisotopic (exact) mass is 316 g/mol. The molecule has 0 aromatic heterocycles. The van der Waals surface area contributed by atoms with Crippen molar-refractivity contribution < 1.29 is 13.2 Å². The van der Waals surface area contributed by atoms with Crippen LogP contribution < -0.4 is 4.72 Å². The van der Waals surface area contributed by atoms with Gasteiger partial charge in [0.15, 0.2) is 0 Å². The van der Waals surface area contributed by atoms with Crippen LogP contribution in [0.2, 0.25) is 5.02 Å². The third kappa shape index (κ3) is 3.94. The zero-order valence-electron chi connectivity index (χ0n) is 11.0. The standard InChI is InChI=1S/C13H17ClN2O3S/c14-11-4-6-12(7-5-11)20(18,19)15-10-13(17)16-8-2-1-3-9-16/h4-7,15H,1-3,8-10H2. The lowest BCUT2D eigenvalue weighted by Crippen LogP contribution is -2.42. The molecule has 1 saturated heterocycles. The van der Waals surface area contributed by atoms with Crippen molar-refractivity contribution in [1.29, 1.82) is 0 Å².